The Labute approximate surface area is 135 Å². The van der Waals surface area contributed by atoms with Gasteiger partial charge in [0.25, 0.3) is 0 Å². The highest BCUT2D eigenvalue weighted by molar-refractivity contribution is 5.83. The molecule has 2 fully saturated rings. The highest BCUT2D eigenvalue weighted by Crippen LogP contribution is 2.38. The van der Waals surface area contributed by atoms with E-state index < -0.39 is 12.0 Å². The number of aliphatic carboxylic acids is 1. The predicted molar refractivity (Wildman–Crippen MR) is 80.7 cm³/mol. The molecular weight excluding hydrogens is 298 g/mol. The summed E-state index contributed by atoms with van der Waals surface area (Å²) >= 11 is 0. The van der Waals surface area contributed by atoms with Gasteiger partial charge < -0.3 is 14.5 Å². The summed E-state index contributed by atoms with van der Waals surface area (Å²) in [6, 6.07) is -0.684. The van der Waals surface area contributed by atoms with Gasteiger partial charge in [0.05, 0.1) is 0 Å². The Morgan fingerprint density at radius 2 is 2.13 bits per heavy atom. The van der Waals surface area contributed by atoms with Crippen LogP contribution in [0.4, 0.5) is 0 Å². The number of aromatic nitrogens is 2. The third-order valence-electron chi connectivity index (χ3n) is 4.68. The first-order valence-electron chi connectivity index (χ1n) is 8.39. The van der Waals surface area contributed by atoms with Gasteiger partial charge in [0.1, 0.15) is 6.04 Å². The summed E-state index contributed by atoms with van der Waals surface area (Å²) in [6.45, 7) is 2.56. The number of carbonyl (C=O) groups excluding carboxylic acids is 1. The number of rotatable bonds is 6. The molecule has 2 aliphatic rings. The van der Waals surface area contributed by atoms with Crippen molar-refractivity contribution < 1.29 is 19.2 Å². The van der Waals surface area contributed by atoms with Crippen LogP contribution >= 0.6 is 0 Å². The van der Waals surface area contributed by atoms with Crippen molar-refractivity contribution in [2.24, 2.45) is 5.92 Å². The van der Waals surface area contributed by atoms with Crippen molar-refractivity contribution in [1.82, 2.24) is 15.0 Å². The second-order valence-corrected chi connectivity index (χ2v) is 6.74. The summed E-state index contributed by atoms with van der Waals surface area (Å²) in [5.41, 5.74) is 0. The number of carbonyl (C=O) groups is 2. The van der Waals surface area contributed by atoms with E-state index >= 15 is 0 Å². The summed E-state index contributed by atoms with van der Waals surface area (Å²) in [6.07, 6.45) is 5.14. The Hall–Kier alpha value is -1.92. The molecule has 1 aromatic rings. The lowest BCUT2D eigenvalue weighted by molar-refractivity contribution is -0.153. The summed E-state index contributed by atoms with van der Waals surface area (Å²) in [4.78, 5) is 29.5. The molecule has 1 aliphatic carbocycles. The van der Waals surface area contributed by atoms with E-state index in [0.717, 1.165) is 25.1 Å². The van der Waals surface area contributed by atoms with Gasteiger partial charge in [-0.2, -0.15) is 4.98 Å². The molecule has 1 aromatic heterocycles. The van der Waals surface area contributed by atoms with Crippen LogP contribution in [0.3, 0.4) is 0 Å². The van der Waals surface area contributed by atoms with Crippen molar-refractivity contribution in [3.63, 3.8) is 0 Å². The van der Waals surface area contributed by atoms with Crippen LogP contribution in [0.25, 0.3) is 0 Å². The van der Waals surface area contributed by atoms with E-state index in [1.165, 1.54) is 4.90 Å². The van der Waals surface area contributed by atoms with Crippen molar-refractivity contribution in [3.05, 3.63) is 11.7 Å². The molecule has 0 aromatic carbocycles. The van der Waals surface area contributed by atoms with Crippen molar-refractivity contribution >= 4 is 11.9 Å². The first kappa shape index (κ1) is 16.0. The van der Waals surface area contributed by atoms with Gasteiger partial charge in [-0.1, -0.05) is 12.1 Å². The van der Waals surface area contributed by atoms with Crippen LogP contribution < -0.4 is 0 Å². The van der Waals surface area contributed by atoms with Crippen molar-refractivity contribution in [2.75, 3.05) is 6.54 Å². The number of nitrogens with zero attached hydrogens (tertiary/aromatic N) is 3. The Balaban J connectivity index is 1.48. The minimum atomic E-state index is -0.907. The lowest BCUT2D eigenvalue weighted by Gasteiger charge is -2.36. The second kappa shape index (κ2) is 6.68. The topological polar surface area (TPSA) is 96.5 Å². The van der Waals surface area contributed by atoms with E-state index in [-0.39, 0.29) is 5.91 Å². The summed E-state index contributed by atoms with van der Waals surface area (Å²) < 4.78 is 5.19. The van der Waals surface area contributed by atoms with Crippen LogP contribution in [0, 0.1) is 5.92 Å². The normalized spacial score (nSPS) is 24.7. The molecule has 2 heterocycles. The molecule has 7 heteroatoms. The molecule has 1 amide bonds. The SMILES string of the molecule is CC1CCN(C(=O)CCCc2nc(C3CC3)no2)C(C(=O)O)C1. The molecule has 1 aliphatic heterocycles. The van der Waals surface area contributed by atoms with Gasteiger partial charge in [-0.05, 0) is 38.0 Å². The molecule has 0 spiro atoms. The minimum absolute atomic E-state index is 0.0915. The maximum absolute atomic E-state index is 12.3. The van der Waals surface area contributed by atoms with Crippen LogP contribution in [0.5, 0.6) is 0 Å². The number of amides is 1. The van der Waals surface area contributed by atoms with Crippen LogP contribution in [-0.4, -0.2) is 44.6 Å². The maximum Gasteiger partial charge on any atom is 0.326 e. The van der Waals surface area contributed by atoms with Gasteiger partial charge in [-0.15, -0.1) is 0 Å². The van der Waals surface area contributed by atoms with E-state index in [0.29, 0.717) is 50.0 Å². The molecule has 2 atom stereocenters. The molecule has 7 nitrogen and oxygen atoms in total. The molecule has 1 saturated heterocycles. The third kappa shape index (κ3) is 3.89. The van der Waals surface area contributed by atoms with E-state index in [1.54, 1.807) is 0 Å². The average molecular weight is 321 g/mol. The van der Waals surface area contributed by atoms with E-state index in [2.05, 4.69) is 10.1 Å². The molecule has 0 radical (unpaired) electrons. The number of hydrogen-bond donors (Lipinski definition) is 1. The number of carboxylic acid groups (broad SMARTS) is 1. The number of carboxylic acids is 1. The fraction of sp³-hybridized carbons (Fsp3) is 0.750. The standard InChI is InChI=1S/C16H23N3O4/c1-10-7-8-19(12(9-10)16(21)22)14(20)4-2-3-13-17-15(18-23-13)11-5-6-11/h10-12H,2-9H2,1H3,(H,21,22). The molecule has 126 valence electrons. The zero-order chi connectivity index (χ0) is 16.4. The highest BCUT2D eigenvalue weighted by atomic mass is 16.5. The largest absolute Gasteiger partial charge is 0.480 e. The zero-order valence-electron chi connectivity index (χ0n) is 13.4. The maximum atomic E-state index is 12.3. The van der Waals surface area contributed by atoms with Gasteiger partial charge >= 0.3 is 5.97 Å². The Bertz CT molecular complexity index is 582. The lowest BCUT2D eigenvalue weighted by Crippen LogP contribution is -2.49. The molecule has 3 rings (SSSR count). The fourth-order valence-electron chi connectivity index (χ4n) is 3.09. The zero-order valence-corrected chi connectivity index (χ0v) is 13.4. The molecule has 2 unspecified atom stereocenters. The van der Waals surface area contributed by atoms with E-state index in [1.807, 2.05) is 6.92 Å². The highest BCUT2D eigenvalue weighted by Gasteiger charge is 2.34. The van der Waals surface area contributed by atoms with Gasteiger partial charge in [0.15, 0.2) is 5.82 Å². The van der Waals surface area contributed by atoms with Crippen LogP contribution in [0.1, 0.15) is 63.1 Å². The summed E-state index contributed by atoms with van der Waals surface area (Å²) in [5, 5.41) is 13.3. The average Bonchev–Trinajstić information content (AvgIpc) is 3.26. The summed E-state index contributed by atoms with van der Waals surface area (Å²) in [5.74, 6) is 1.16. The fourth-order valence-corrected chi connectivity index (χ4v) is 3.09. The van der Waals surface area contributed by atoms with Crippen molar-refractivity contribution in [3.8, 4) is 0 Å². The first-order chi connectivity index (χ1) is 11.0. The molecule has 23 heavy (non-hydrogen) atoms. The van der Waals surface area contributed by atoms with Crippen molar-refractivity contribution in [2.45, 2.75) is 63.8 Å². The number of hydrogen-bond acceptors (Lipinski definition) is 5. The number of likely N-dealkylation sites (tertiary alicyclic amines) is 1. The van der Waals surface area contributed by atoms with Crippen LogP contribution in [0.15, 0.2) is 4.52 Å². The quantitative estimate of drug-likeness (QED) is 0.860. The molecule has 0 bridgehead atoms. The third-order valence-corrected chi connectivity index (χ3v) is 4.68. The predicted octanol–water partition coefficient (Wildman–Crippen LogP) is 1.98. The van der Waals surface area contributed by atoms with E-state index in [9.17, 15) is 14.7 Å². The molecular formula is C16H23N3O4. The number of aryl methyl sites for hydroxylation is 1. The van der Waals surface area contributed by atoms with Gasteiger partial charge in [0.2, 0.25) is 11.8 Å². The van der Waals surface area contributed by atoms with Gasteiger partial charge in [0, 0.05) is 25.3 Å². The number of piperidine rings is 1. The smallest absolute Gasteiger partial charge is 0.326 e. The Morgan fingerprint density at radius 3 is 2.83 bits per heavy atom. The molecule has 1 N–H and O–H groups in total. The van der Waals surface area contributed by atoms with E-state index in [4.69, 9.17) is 4.52 Å². The monoisotopic (exact) mass is 321 g/mol. The van der Waals surface area contributed by atoms with Crippen LogP contribution in [0.2, 0.25) is 0 Å². The van der Waals surface area contributed by atoms with Gasteiger partial charge in [-0.25, -0.2) is 4.79 Å². The summed E-state index contributed by atoms with van der Waals surface area (Å²) in [7, 11) is 0. The minimum Gasteiger partial charge on any atom is -0.480 e. The van der Waals surface area contributed by atoms with Crippen LogP contribution in [-0.2, 0) is 16.0 Å². The van der Waals surface area contributed by atoms with Crippen molar-refractivity contribution in [1.29, 1.82) is 0 Å². The van der Waals surface area contributed by atoms with Gasteiger partial charge in [-0.3, -0.25) is 4.79 Å². The Kier molecular flexibility index (Phi) is 4.63. The second-order valence-electron chi connectivity index (χ2n) is 6.74. The molecule has 1 saturated carbocycles. The first-order valence-corrected chi connectivity index (χ1v) is 8.39. The lowest BCUT2D eigenvalue weighted by atomic mass is 9.92. The Morgan fingerprint density at radius 1 is 1.35 bits per heavy atom.